The second-order valence-electron chi connectivity index (χ2n) is 4.89. The first-order valence-electron chi connectivity index (χ1n) is 7.11. The highest BCUT2D eigenvalue weighted by atomic mass is 79.9. The van der Waals surface area contributed by atoms with Gasteiger partial charge < -0.3 is 5.32 Å². The van der Waals surface area contributed by atoms with Crippen molar-refractivity contribution in [3.05, 3.63) is 63.7 Å². The van der Waals surface area contributed by atoms with Crippen molar-refractivity contribution in [1.82, 2.24) is 9.97 Å². The van der Waals surface area contributed by atoms with Crippen molar-refractivity contribution in [3.63, 3.8) is 0 Å². The van der Waals surface area contributed by atoms with Crippen LogP contribution in [0.4, 0.5) is 5.69 Å². The average molecular weight is 388 g/mol. The first-order chi connectivity index (χ1) is 11.2. The zero-order valence-electron chi connectivity index (χ0n) is 12.2. The zero-order chi connectivity index (χ0) is 16.1. The first kappa shape index (κ1) is 15.8. The lowest BCUT2D eigenvalue weighted by molar-refractivity contribution is -0.116. The standard InChI is InChI=1S/C17H14BrN3OS/c18-13-3-1-2-4-14(13)20-16(22)5-6-17-21-15(11-23-17)12-7-9-19-10-8-12/h1-4,7-11H,5-6H2,(H,20,22). The number of anilines is 1. The maximum atomic E-state index is 12.1. The molecule has 2 aromatic heterocycles. The third-order valence-electron chi connectivity index (χ3n) is 3.24. The van der Waals surface area contributed by atoms with Crippen LogP contribution in [0.3, 0.4) is 0 Å². The van der Waals surface area contributed by atoms with Crippen LogP contribution in [0.2, 0.25) is 0 Å². The molecule has 0 aliphatic heterocycles. The van der Waals surface area contributed by atoms with Crippen LogP contribution in [0.25, 0.3) is 11.3 Å². The van der Waals surface area contributed by atoms with E-state index in [2.05, 4.69) is 31.2 Å². The number of carbonyl (C=O) groups excluding carboxylic acids is 1. The molecule has 0 aliphatic carbocycles. The van der Waals surface area contributed by atoms with Crippen LogP contribution in [0.15, 0.2) is 58.6 Å². The van der Waals surface area contributed by atoms with Crippen LogP contribution < -0.4 is 5.32 Å². The second-order valence-corrected chi connectivity index (χ2v) is 6.69. The average Bonchev–Trinajstić information content (AvgIpc) is 3.05. The number of nitrogens with zero attached hydrogens (tertiary/aromatic N) is 2. The van der Waals surface area contributed by atoms with Gasteiger partial charge in [0.15, 0.2) is 0 Å². The number of nitrogens with one attached hydrogen (secondary N) is 1. The molecule has 23 heavy (non-hydrogen) atoms. The number of rotatable bonds is 5. The summed E-state index contributed by atoms with van der Waals surface area (Å²) in [7, 11) is 0. The molecule has 0 bridgehead atoms. The van der Waals surface area contributed by atoms with E-state index in [0.29, 0.717) is 12.8 Å². The lowest BCUT2D eigenvalue weighted by Crippen LogP contribution is -2.12. The van der Waals surface area contributed by atoms with Gasteiger partial charge in [0.2, 0.25) is 5.91 Å². The smallest absolute Gasteiger partial charge is 0.224 e. The summed E-state index contributed by atoms with van der Waals surface area (Å²) in [6.45, 7) is 0. The number of aryl methyl sites for hydroxylation is 1. The molecule has 4 nitrogen and oxygen atoms in total. The molecule has 0 spiro atoms. The molecule has 0 radical (unpaired) electrons. The van der Waals surface area contributed by atoms with Crippen LogP contribution >= 0.6 is 27.3 Å². The van der Waals surface area contributed by atoms with E-state index in [9.17, 15) is 4.79 Å². The van der Waals surface area contributed by atoms with Gasteiger partial charge in [0.05, 0.1) is 16.4 Å². The summed E-state index contributed by atoms with van der Waals surface area (Å²) in [5.41, 5.74) is 2.76. The quantitative estimate of drug-likeness (QED) is 0.698. The fourth-order valence-corrected chi connectivity index (χ4v) is 3.27. The van der Waals surface area contributed by atoms with E-state index in [1.165, 1.54) is 0 Å². The van der Waals surface area contributed by atoms with E-state index < -0.39 is 0 Å². The second kappa shape index (κ2) is 7.48. The van der Waals surface area contributed by atoms with Gasteiger partial charge in [-0.15, -0.1) is 11.3 Å². The fraction of sp³-hybridized carbons (Fsp3) is 0.118. The highest BCUT2D eigenvalue weighted by Crippen LogP contribution is 2.23. The van der Waals surface area contributed by atoms with E-state index in [1.54, 1.807) is 23.7 Å². The van der Waals surface area contributed by atoms with E-state index in [-0.39, 0.29) is 5.91 Å². The molecule has 0 saturated heterocycles. The minimum atomic E-state index is -0.0161. The summed E-state index contributed by atoms with van der Waals surface area (Å²) in [5, 5.41) is 5.87. The van der Waals surface area contributed by atoms with E-state index in [4.69, 9.17) is 0 Å². The Balaban J connectivity index is 1.58. The Morgan fingerprint density at radius 3 is 2.74 bits per heavy atom. The van der Waals surface area contributed by atoms with Gasteiger partial charge in [-0.3, -0.25) is 9.78 Å². The summed E-state index contributed by atoms with van der Waals surface area (Å²) in [4.78, 5) is 20.6. The molecule has 1 aromatic carbocycles. The minimum Gasteiger partial charge on any atom is -0.325 e. The van der Waals surface area contributed by atoms with Crippen molar-refractivity contribution in [2.45, 2.75) is 12.8 Å². The highest BCUT2D eigenvalue weighted by Gasteiger charge is 2.09. The number of benzene rings is 1. The number of thiazole rings is 1. The lowest BCUT2D eigenvalue weighted by Gasteiger charge is -2.06. The number of aromatic nitrogens is 2. The third-order valence-corrected chi connectivity index (χ3v) is 4.84. The number of hydrogen-bond donors (Lipinski definition) is 1. The zero-order valence-corrected chi connectivity index (χ0v) is 14.6. The van der Waals surface area contributed by atoms with Crippen LogP contribution in [-0.2, 0) is 11.2 Å². The molecule has 1 amide bonds. The number of pyridine rings is 1. The highest BCUT2D eigenvalue weighted by molar-refractivity contribution is 9.10. The van der Waals surface area contributed by atoms with Gasteiger partial charge >= 0.3 is 0 Å². The summed E-state index contributed by atoms with van der Waals surface area (Å²) in [6.07, 6.45) is 4.54. The van der Waals surface area contributed by atoms with Crippen molar-refractivity contribution in [3.8, 4) is 11.3 Å². The van der Waals surface area contributed by atoms with Crippen LogP contribution in [0.1, 0.15) is 11.4 Å². The van der Waals surface area contributed by atoms with Crippen molar-refractivity contribution >= 4 is 38.9 Å². The van der Waals surface area contributed by atoms with Crippen molar-refractivity contribution in [2.75, 3.05) is 5.32 Å². The molecule has 3 rings (SSSR count). The molecule has 1 N–H and O–H groups in total. The van der Waals surface area contributed by atoms with Crippen molar-refractivity contribution < 1.29 is 4.79 Å². The van der Waals surface area contributed by atoms with E-state index in [0.717, 1.165) is 26.4 Å². The van der Waals surface area contributed by atoms with Gasteiger partial charge in [0.25, 0.3) is 0 Å². The number of hydrogen-bond acceptors (Lipinski definition) is 4. The number of carbonyl (C=O) groups is 1. The molecular weight excluding hydrogens is 374 g/mol. The number of halogens is 1. The van der Waals surface area contributed by atoms with Crippen molar-refractivity contribution in [2.24, 2.45) is 0 Å². The van der Waals surface area contributed by atoms with Crippen LogP contribution in [-0.4, -0.2) is 15.9 Å². The van der Waals surface area contributed by atoms with Gasteiger partial charge in [-0.05, 0) is 40.2 Å². The van der Waals surface area contributed by atoms with Gasteiger partial charge in [0.1, 0.15) is 0 Å². The summed E-state index contributed by atoms with van der Waals surface area (Å²) >= 11 is 4.99. The normalized spacial score (nSPS) is 10.5. The summed E-state index contributed by atoms with van der Waals surface area (Å²) in [5.74, 6) is -0.0161. The first-order valence-corrected chi connectivity index (χ1v) is 8.79. The Bertz CT molecular complexity index is 804. The molecule has 0 atom stereocenters. The number of amides is 1. The van der Waals surface area contributed by atoms with Crippen LogP contribution in [0.5, 0.6) is 0 Å². The van der Waals surface area contributed by atoms with Crippen molar-refractivity contribution in [1.29, 1.82) is 0 Å². The molecule has 6 heteroatoms. The van der Waals surface area contributed by atoms with E-state index >= 15 is 0 Å². The van der Waals surface area contributed by atoms with Crippen LogP contribution in [0, 0.1) is 0 Å². The minimum absolute atomic E-state index is 0.0161. The Morgan fingerprint density at radius 2 is 1.96 bits per heavy atom. The molecule has 116 valence electrons. The monoisotopic (exact) mass is 387 g/mol. The molecule has 0 aliphatic rings. The van der Waals surface area contributed by atoms with Gasteiger partial charge in [-0.25, -0.2) is 4.98 Å². The lowest BCUT2D eigenvalue weighted by atomic mass is 10.2. The predicted octanol–water partition coefficient (Wildman–Crippen LogP) is 4.54. The van der Waals surface area contributed by atoms with Gasteiger partial charge in [-0.2, -0.15) is 0 Å². The van der Waals surface area contributed by atoms with Gasteiger partial charge in [0, 0.05) is 40.7 Å². The molecule has 0 unspecified atom stereocenters. The maximum Gasteiger partial charge on any atom is 0.224 e. The molecular formula is C17H14BrN3OS. The van der Waals surface area contributed by atoms with Gasteiger partial charge in [-0.1, -0.05) is 12.1 Å². The Hall–Kier alpha value is -2.05. The maximum absolute atomic E-state index is 12.1. The number of para-hydroxylation sites is 1. The molecule has 3 aromatic rings. The topological polar surface area (TPSA) is 54.9 Å². The predicted molar refractivity (Wildman–Crippen MR) is 96.4 cm³/mol. The Morgan fingerprint density at radius 1 is 1.17 bits per heavy atom. The summed E-state index contributed by atoms with van der Waals surface area (Å²) in [6, 6.07) is 11.4. The summed E-state index contributed by atoms with van der Waals surface area (Å²) < 4.78 is 0.877. The molecule has 0 fully saturated rings. The Kier molecular flexibility index (Phi) is 5.15. The SMILES string of the molecule is O=C(CCc1nc(-c2ccncc2)cs1)Nc1ccccc1Br. The van der Waals surface area contributed by atoms with E-state index in [1.807, 2.05) is 41.8 Å². The largest absolute Gasteiger partial charge is 0.325 e. The fourth-order valence-electron chi connectivity index (χ4n) is 2.08. The molecule has 2 heterocycles. The Labute approximate surface area is 146 Å². The molecule has 0 saturated carbocycles. The third kappa shape index (κ3) is 4.24.